The number of hydrogen-bond acceptors (Lipinski definition) is 3. The van der Waals surface area contributed by atoms with Crippen molar-refractivity contribution in [3.63, 3.8) is 0 Å². The van der Waals surface area contributed by atoms with E-state index in [0.29, 0.717) is 0 Å². The largest absolute Gasteiger partial charge is 0.417 e. The lowest BCUT2D eigenvalue weighted by Gasteiger charge is -2.36. The standard InChI is InChI=1S/C26H34N2OSSi/c1-26(2,3)31(5,6)29-19-11-10-12-22-20-25(21-15-17-24(30-4)18-16-21)28(27-22)23-13-8-7-9-14-23/h7-10,12-18,20H,11,19H2,1-6H3/b12-10-. The molecule has 0 unspecified atom stereocenters. The number of hydrogen-bond donors (Lipinski definition) is 0. The fraction of sp³-hybridized carbons (Fsp3) is 0.346. The molecule has 0 fully saturated rings. The van der Waals surface area contributed by atoms with E-state index in [1.54, 1.807) is 11.8 Å². The molecule has 164 valence electrons. The van der Waals surface area contributed by atoms with Crippen LogP contribution in [0.3, 0.4) is 0 Å². The number of nitrogens with zero attached hydrogens (tertiary/aromatic N) is 2. The van der Waals surface area contributed by atoms with Crippen LogP contribution in [0.4, 0.5) is 0 Å². The lowest BCUT2D eigenvalue weighted by Crippen LogP contribution is -2.40. The van der Waals surface area contributed by atoms with E-state index in [-0.39, 0.29) is 5.04 Å². The van der Waals surface area contributed by atoms with Gasteiger partial charge in [0.15, 0.2) is 8.32 Å². The molecule has 0 aliphatic carbocycles. The Morgan fingerprint density at radius 1 is 1.03 bits per heavy atom. The molecule has 1 heterocycles. The van der Waals surface area contributed by atoms with Gasteiger partial charge in [0.1, 0.15) is 0 Å². The van der Waals surface area contributed by atoms with E-state index >= 15 is 0 Å². The molecule has 0 radical (unpaired) electrons. The maximum Gasteiger partial charge on any atom is 0.191 e. The van der Waals surface area contributed by atoms with Crippen LogP contribution in [0, 0.1) is 0 Å². The lowest BCUT2D eigenvalue weighted by molar-refractivity contribution is 0.294. The van der Waals surface area contributed by atoms with Gasteiger partial charge in [0.05, 0.1) is 17.1 Å². The Morgan fingerprint density at radius 3 is 2.32 bits per heavy atom. The average molecular weight is 451 g/mol. The first-order chi connectivity index (χ1) is 14.7. The highest BCUT2D eigenvalue weighted by Crippen LogP contribution is 2.36. The van der Waals surface area contributed by atoms with E-state index in [0.717, 1.165) is 35.7 Å². The normalized spacial score (nSPS) is 12.6. The van der Waals surface area contributed by atoms with Crippen molar-refractivity contribution in [3.05, 3.63) is 72.4 Å². The Morgan fingerprint density at radius 2 is 1.71 bits per heavy atom. The molecule has 0 spiro atoms. The molecule has 0 amide bonds. The minimum absolute atomic E-state index is 0.242. The third-order valence-electron chi connectivity index (χ3n) is 5.96. The summed E-state index contributed by atoms with van der Waals surface area (Å²) >= 11 is 1.75. The molecule has 2 aromatic carbocycles. The minimum atomic E-state index is -1.69. The topological polar surface area (TPSA) is 27.1 Å². The maximum atomic E-state index is 6.28. The Bertz CT molecular complexity index is 1000. The molecule has 0 aliphatic heterocycles. The van der Waals surface area contributed by atoms with Gasteiger partial charge in [-0.15, -0.1) is 11.8 Å². The van der Waals surface area contributed by atoms with Gasteiger partial charge in [-0.2, -0.15) is 5.10 Å². The Hall–Kier alpha value is -2.08. The van der Waals surface area contributed by atoms with Crippen molar-refractivity contribution in [3.8, 4) is 16.9 Å². The van der Waals surface area contributed by atoms with Crippen molar-refractivity contribution >= 4 is 26.2 Å². The highest BCUT2D eigenvalue weighted by Gasteiger charge is 2.36. The predicted molar refractivity (Wildman–Crippen MR) is 138 cm³/mol. The zero-order chi connectivity index (χ0) is 22.5. The summed E-state index contributed by atoms with van der Waals surface area (Å²) in [4.78, 5) is 1.26. The average Bonchev–Trinajstić information content (AvgIpc) is 3.17. The van der Waals surface area contributed by atoms with Crippen molar-refractivity contribution in [1.29, 1.82) is 0 Å². The molecular formula is C26H34N2OSSi. The Kier molecular flexibility index (Phi) is 7.62. The molecular weight excluding hydrogens is 416 g/mol. The van der Waals surface area contributed by atoms with Gasteiger partial charge >= 0.3 is 0 Å². The van der Waals surface area contributed by atoms with Crippen LogP contribution in [0.2, 0.25) is 18.1 Å². The van der Waals surface area contributed by atoms with Crippen LogP contribution < -0.4 is 0 Å². The fourth-order valence-electron chi connectivity index (χ4n) is 3.02. The fourth-order valence-corrected chi connectivity index (χ4v) is 4.49. The second-order valence-corrected chi connectivity index (χ2v) is 14.9. The van der Waals surface area contributed by atoms with E-state index in [9.17, 15) is 0 Å². The van der Waals surface area contributed by atoms with Gasteiger partial charge in [-0.3, -0.25) is 0 Å². The first-order valence-corrected chi connectivity index (χ1v) is 14.9. The summed E-state index contributed by atoms with van der Waals surface area (Å²) in [6.45, 7) is 12.2. The summed E-state index contributed by atoms with van der Waals surface area (Å²) in [6.07, 6.45) is 7.27. The van der Waals surface area contributed by atoms with Crippen LogP contribution in [-0.2, 0) is 4.43 Å². The number of rotatable bonds is 8. The van der Waals surface area contributed by atoms with Crippen molar-refractivity contribution in [1.82, 2.24) is 9.78 Å². The zero-order valence-electron chi connectivity index (χ0n) is 19.6. The number of thioether (sulfide) groups is 1. The second kappa shape index (κ2) is 10.0. The van der Waals surface area contributed by atoms with E-state index in [1.165, 1.54) is 4.90 Å². The van der Waals surface area contributed by atoms with Crippen LogP contribution in [0.5, 0.6) is 0 Å². The monoisotopic (exact) mass is 450 g/mol. The molecule has 0 bridgehead atoms. The molecule has 0 aliphatic rings. The smallest absolute Gasteiger partial charge is 0.191 e. The summed E-state index contributed by atoms with van der Waals surface area (Å²) in [6, 6.07) is 21.1. The second-order valence-electron chi connectivity index (χ2n) is 9.23. The van der Waals surface area contributed by atoms with Gasteiger partial charge < -0.3 is 4.43 Å². The molecule has 31 heavy (non-hydrogen) atoms. The summed E-state index contributed by atoms with van der Waals surface area (Å²) in [5, 5.41) is 5.12. The van der Waals surface area contributed by atoms with Gasteiger partial charge in [0, 0.05) is 17.1 Å². The Balaban J connectivity index is 1.78. The van der Waals surface area contributed by atoms with E-state index in [2.05, 4.69) is 94.7 Å². The third kappa shape index (κ3) is 6.00. The molecule has 0 saturated carbocycles. The van der Waals surface area contributed by atoms with Gasteiger partial charge in [-0.1, -0.05) is 57.2 Å². The molecule has 5 heteroatoms. The van der Waals surface area contributed by atoms with Crippen LogP contribution in [0.1, 0.15) is 32.9 Å². The molecule has 0 saturated heterocycles. The van der Waals surface area contributed by atoms with Crippen molar-refractivity contribution in [2.75, 3.05) is 12.9 Å². The van der Waals surface area contributed by atoms with E-state index in [4.69, 9.17) is 9.52 Å². The predicted octanol–water partition coefficient (Wildman–Crippen LogP) is 7.69. The van der Waals surface area contributed by atoms with Gasteiger partial charge in [0.2, 0.25) is 0 Å². The Labute approximate surface area is 192 Å². The van der Waals surface area contributed by atoms with Gasteiger partial charge in [-0.25, -0.2) is 4.68 Å². The minimum Gasteiger partial charge on any atom is -0.417 e. The number of aromatic nitrogens is 2. The van der Waals surface area contributed by atoms with Crippen LogP contribution in [0.25, 0.3) is 23.0 Å². The molecule has 0 N–H and O–H groups in total. The van der Waals surface area contributed by atoms with Gasteiger partial charge in [-0.05, 0) is 67.2 Å². The van der Waals surface area contributed by atoms with Crippen molar-refractivity contribution in [2.45, 2.75) is 50.2 Å². The zero-order valence-corrected chi connectivity index (χ0v) is 21.4. The highest BCUT2D eigenvalue weighted by atomic mass is 32.2. The summed E-state index contributed by atoms with van der Waals surface area (Å²) < 4.78 is 8.31. The van der Waals surface area contributed by atoms with Gasteiger partial charge in [0.25, 0.3) is 0 Å². The first-order valence-electron chi connectivity index (χ1n) is 10.8. The summed E-state index contributed by atoms with van der Waals surface area (Å²) in [5.41, 5.74) is 4.28. The lowest BCUT2D eigenvalue weighted by atomic mass is 10.1. The first kappa shape index (κ1) is 23.6. The number of para-hydroxylation sites is 1. The quantitative estimate of drug-likeness (QED) is 0.200. The maximum absolute atomic E-state index is 6.28. The molecule has 3 aromatic rings. The molecule has 3 rings (SSSR count). The van der Waals surface area contributed by atoms with E-state index < -0.39 is 8.32 Å². The van der Waals surface area contributed by atoms with E-state index in [1.807, 2.05) is 22.9 Å². The summed E-state index contributed by atoms with van der Waals surface area (Å²) in [5.74, 6) is 0. The molecule has 1 aromatic heterocycles. The van der Waals surface area contributed by atoms with Crippen molar-refractivity contribution < 1.29 is 4.43 Å². The molecule has 3 nitrogen and oxygen atoms in total. The SMILES string of the molecule is CSc1ccc(-c2cc(/C=C\CCO[Si](C)(C)C(C)(C)C)nn2-c2ccccc2)cc1. The van der Waals surface area contributed by atoms with Crippen LogP contribution >= 0.6 is 11.8 Å². The summed E-state index contributed by atoms with van der Waals surface area (Å²) in [7, 11) is -1.69. The van der Waals surface area contributed by atoms with Crippen LogP contribution in [-0.4, -0.2) is 31.0 Å². The highest BCUT2D eigenvalue weighted by molar-refractivity contribution is 7.98. The third-order valence-corrected chi connectivity index (χ3v) is 11.2. The number of benzene rings is 2. The molecule has 0 atom stereocenters. The van der Waals surface area contributed by atoms with Crippen LogP contribution in [0.15, 0.2) is 71.6 Å². The van der Waals surface area contributed by atoms with Crippen molar-refractivity contribution in [2.24, 2.45) is 0 Å².